The fourth-order valence-electron chi connectivity index (χ4n) is 4.62. The van der Waals surface area contributed by atoms with Gasteiger partial charge in [-0.25, -0.2) is 0 Å². The van der Waals surface area contributed by atoms with E-state index in [0.29, 0.717) is 6.54 Å². The van der Waals surface area contributed by atoms with Gasteiger partial charge in [0.15, 0.2) is 11.5 Å². The molecule has 5 heteroatoms. The molecule has 1 N–H and O–H groups in total. The van der Waals surface area contributed by atoms with Crippen LogP contribution in [0.2, 0.25) is 0 Å². The lowest BCUT2D eigenvalue weighted by molar-refractivity contribution is -0.126. The number of hydrogen-bond acceptors (Lipinski definition) is 4. The molecular weight excluding hydrogens is 352 g/mol. The smallest absolute Gasteiger partial charge is 0.223 e. The van der Waals surface area contributed by atoms with Crippen molar-refractivity contribution < 1.29 is 14.3 Å². The van der Waals surface area contributed by atoms with E-state index in [1.807, 2.05) is 18.2 Å². The topological polar surface area (TPSA) is 50.8 Å². The molecular formula is C23H36N2O3. The Bertz CT molecular complexity index is 620. The second-order valence-electron chi connectivity index (χ2n) is 8.31. The van der Waals surface area contributed by atoms with E-state index in [1.54, 1.807) is 14.2 Å². The Labute approximate surface area is 169 Å². The summed E-state index contributed by atoms with van der Waals surface area (Å²) in [5, 5.41) is 3.13. The normalized spacial score (nSPS) is 19.4. The molecule has 1 heterocycles. The molecule has 5 nitrogen and oxygen atoms in total. The van der Waals surface area contributed by atoms with Crippen LogP contribution in [0.15, 0.2) is 18.2 Å². The van der Waals surface area contributed by atoms with Gasteiger partial charge in [0.05, 0.1) is 14.2 Å². The number of piperidine rings is 1. The van der Waals surface area contributed by atoms with E-state index < -0.39 is 0 Å². The largest absolute Gasteiger partial charge is 0.493 e. The van der Waals surface area contributed by atoms with Gasteiger partial charge in [0, 0.05) is 19.0 Å². The summed E-state index contributed by atoms with van der Waals surface area (Å²) in [5.74, 6) is 2.75. The maximum atomic E-state index is 12.5. The van der Waals surface area contributed by atoms with Crippen molar-refractivity contribution in [3.63, 3.8) is 0 Å². The van der Waals surface area contributed by atoms with Crippen molar-refractivity contribution in [2.24, 2.45) is 11.8 Å². The SMILES string of the molecule is COc1ccc(CCNC(=O)C2CCN(CC3CCCCC3)CC2)cc1OC. The Morgan fingerprint density at radius 1 is 1.04 bits per heavy atom. The van der Waals surface area contributed by atoms with Gasteiger partial charge in [-0.2, -0.15) is 0 Å². The van der Waals surface area contributed by atoms with Crippen LogP contribution in [0.25, 0.3) is 0 Å². The Balaban J connectivity index is 1.36. The molecule has 0 radical (unpaired) electrons. The number of likely N-dealkylation sites (tertiary alicyclic amines) is 1. The maximum Gasteiger partial charge on any atom is 0.223 e. The Kier molecular flexibility index (Phi) is 8.01. The number of rotatable bonds is 8. The molecule has 0 aromatic heterocycles. The number of methoxy groups -OCH3 is 2. The quantitative estimate of drug-likeness (QED) is 0.738. The fourth-order valence-corrected chi connectivity index (χ4v) is 4.62. The van der Waals surface area contributed by atoms with Crippen LogP contribution in [-0.2, 0) is 11.2 Å². The highest BCUT2D eigenvalue weighted by molar-refractivity contribution is 5.78. The van der Waals surface area contributed by atoms with Crippen molar-refractivity contribution in [3.8, 4) is 11.5 Å². The first kappa shape index (κ1) is 21.0. The minimum absolute atomic E-state index is 0.174. The third kappa shape index (κ3) is 5.87. The molecule has 1 aliphatic heterocycles. The molecule has 1 amide bonds. The molecule has 0 atom stereocenters. The minimum Gasteiger partial charge on any atom is -0.493 e. The van der Waals surface area contributed by atoms with Crippen LogP contribution in [0.5, 0.6) is 11.5 Å². The summed E-state index contributed by atoms with van der Waals surface area (Å²) in [7, 11) is 3.28. The number of carbonyl (C=O) groups excluding carboxylic acids is 1. The average molecular weight is 389 g/mol. The number of nitrogens with one attached hydrogen (secondary N) is 1. The highest BCUT2D eigenvalue weighted by atomic mass is 16.5. The summed E-state index contributed by atoms with van der Waals surface area (Å²) >= 11 is 0. The lowest BCUT2D eigenvalue weighted by Gasteiger charge is -2.34. The van der Waals surface area contributed by atoms with Crippen molar-refractivity contribution in [2.45, 2.75) is 51.4 Å². The molecule has 1 aromatic carbocycles. The van der Waals surface area contributed by atoms with E-state index in [2.05, 4.69) is 10.2 Å². The number of hydrogen-bond donors (Lipinski definition) is 1. The van der Waals surface area contributed by atoms with Crippen molar-refractivity contribution >= 4 is 5.91 Å². The van der Waals surface area contributed by atoms with Crippen LogP contribution in [0, 0.1) is 11.8 Å². The first-order valence-electron chi connectivity index (χ1n) is 10.9. The number of amides is 1. The number of nitrogens with zero attached hydrogens (tertiary/aromatic N) is 1. The first-order valence-corrected chi connectivity index (χ1v) is 10.9. The number of benzene rings is 1. The fraction of sp³-hybridized carbons (Fsp3) is 0.696. The van der Waals surface area contributed by atoms with Crippen molar-refractivity contribution in [1.29, 1.82) is 0 Å². The zero-order valence-electron chi connectivity index (χ0n) is 17.5. The van der Waals surface area contributed by atoms with Gasteiger partial charge in [-0.15, -0.1) is 0 Å². The van der Waals surface area contributed by atoms with E-state index in [1.165, 1.54) is 38.6 Å². The van der Waals surface area contributed by atoms with Crippen molar-refractivity contribution in [2.75, 3.05) is 40.4 Å². The van der Waals surface area contributed by atoms with E-state index >= 15 is 0 Å². The molecule has 0 spiro atoms. The molecule has 1 aliphatic carbocycles. The predicted octanol–water partition coefficient (Wildman–Crippen LogP) is 3.65. The molecule has 1 saturated heterocycles. The van der Waals surface area contributed by atoms with E-state index in [0.717, 1.165) is 55.3 Å². The van der Waals surface area contributed by atoms with Crippen LogP contribution in [-0.4, -0.2) is 51.2 Å². The van der Waals surface area contributed by atoms with Crippen molar-refractivity contribution in [3.05, 3.63) is 23.8 Å². The second-order valence-corrected chi connectivity index (χ2v) is 8.31. The Morgan fingerprint density at radius 3 is 2.43 bits per heavy atom. The summed E-state index contributed by atoms with van der Waals surface area (Å²) < 4.78 is 10.6. The van der Waals surface area contributed by atoms with Gasteiger partial charge >= 0.3 is 0 Å². The lowest BCUT2D eigenvalue weighted by atomic mass is 9.88. The second kappa shape index (κ2) is 10.7. The molecule has 2 aliphatic rings. The third-order valence-electron chi connectivity index (χ3n) is 6.36. The van der Waals surface area contributed by atoms with Gasteiger partial charge < -0.3 is 19.7 Å². The summed E-state index contributed by atoms with van der Waals surface area (Å²) in [6.45, 7) is 4.05. The van der Waals surface area contributed by atoms with Crippen LogP contribution in [0.4, 0.5) is 0 Å². The van der Waals surface area contributed by atoms with Crippen molar-refractivity contribution in [1.82, 2.24) is 10.2 Å². The van der Waals surface area contributed by atoms with E-state index in [4.69, 9.17) is 9.47 Å². The monoisotopic (exact) mass is 388 g/mol. The van der Waals surface area contributed by atoms with E-state index in [-0.39, 0.29) is 11.8 Å². The standard InChI is InChI=1S/C23H36N2O3/c1-27-21-9-8-18(16-22(21)28-2)10-13-24-23(26)20-11-14-25(15-12-20)17-19-6-4-3-5-7-19/h8-9,16,19-20H,3-7,10-15,17H2,1-2H3,(H,24,26). The van der Waals surface area contributed by atoms with E-state index in [9.17, 15) is 4.79 Å². The molecule has 28 heavy (non-hydrogen) atoms. The molecule has 2 fully saturated rings. The van der Waals surface area contributed by atoms with Gasteiger partial charge in [-0.3, -0.25) is 4.79 Å². The van der Waals surface area contributed by atoms with Gasteiger partial charge in [0.1, 0.15) is 0 Å². The number of carbonyl (C=O) groups is 1. The zero-order valence-corrected chi connectivity index (χ0v) is 17.5. The minimum atomic E-state index is 0.174. The van der Waals surface area contributed by atoms with Crippen LogP contribution < -0.4 is 14.8 Å². The molecule has 0 bridgehead atoms. The molecule has 3 rings (SSSR count). The predicted molar refractivity (Wildman–Crippen MR) is 112 cm³/mol. The first-order chi connectivity index (χ1) is 13.7. The summed E-state index contributed by atoms with van der Waals surface area (Å²) in [6, 6.07) is 5.92. The maximum absolute atomic E-state index is 12.5. The summed E-state index contributed by atoms with van der Waals surface area (Å²) in [5.41, 5.74) is 1.14. The Morgan fingerprint density at radius 2 is 1.75 bits per heavy atom. The van der Waals surface area contributed by atoms with Gasteiger partial charge in [0.25, 0.3) is 0 Å². The van der Waals surface area contributed by atoms with Gasteiger partial charge in [0.2, 0.25) is 5.91 Å². The average Bonchev–Trinajstić information content (AvgIpc) is 2.74. The van der Waals surface area contributed by atoms with Gasteiger partial charge in [-0.05, 0) is 68.8 Å². The number of ether oxygens (including phenoxy) is 2. The highest BCUT2D eigenvalue weighted by Crippen LogP contribution is 2.28. The Hall–Kier alpha value is -1.75. The molecule has 0 unspecified atom stereocenters. The summed E-state index contributed by atoms with van der Waals surface area (Å²) in [4.78, 5) is 15.1. The summed E-state index contributed by atoms with van der Waals surface area (Å²) in [6.07, 6.45) is 9.82. The third-order valence-corrected chi connectivity index (χ3v) is 6.36. The van der Waals surface area contributed by atoms with Crippen LogP contribution in [0.3, 0.4) is 0 Å². The van der Waals surface area contributed by atoms with Crippen LogP contribution in [0.1, 0.15) is 50.5 Å². The molecule has 156 valence electrons. The molecule has 1 saturated carbocycles. The van der Waals surface area contributed by atoms with Crippen LogP contribution >= 0.6 is 0 Å². The highest BCUT2D eigenvalue weighted by Gasteiger charge is 2.26. The van der Waals surface area contributed by atoms with Gasteiger partial charge in [-0.1, -0.05) is 25.3 Å². The molecule has 1 aromatic rings. The zero-order chi connectivity index (χ0) is 19.8. The lowest BCUT2D eigenvalue weighted by Crippen LogP contribution is -2.42.